The molecule has 0 fully saturated rings. The highest BCUT2D eigenvalue weighted by molar-refractivity contribution is 14.1. The first-order valence-corrected chi connectivity index (χ1v) is 11.2. The van der Waals surface area contributed by atoms with Gasteiger partial charge in [0, 0.05) is 21.7 Å². The average molecular weight is 541 g/mol. The molecule has 0 saturated carbocycles. The minimum Gasteiger partial charge on any atom is -0.306 e. The molecular formula is C21H22ClIN4OS. The van der Waals surface area contributed by atoms with Gasteiger partial charge < -0.3 is 5.32 Å². The van der Waals surface area contributed by atoms with E-state index in [9.17, 15) is 4.79 Å². The number of nitrogens with zero attached hydrogens (tertiary/aromatic N) is 3. The maximum Gasteiger partial charge on any atom is 0.331 e. The predicted molar refractivity (Wildman–Crippen MR) is 129 cm³/mol. The van der Waals surface area contributed by atoms with Gasteiger partial charge in [-0.2, -0.15) is 0 Å². The summed E-state index contributed by atoms with van der Waals surface area (Å²) >= 11 is 9.85. The summed E-state index contributed by atoms with van der Waals surface area (Å²) in [5.74, 6) is 0. The number of benzene rings is 1. The number of urea groups is 1. The van der Waals surface area contributed by atoms with Crippen molar-refractivity contribution in [3.05, 3.63) is 63.2 Å². The topological polar surface area (TPSA) is 58.1 Å². The monoisotopic (exact) mass is 540 g/mol. The molecule has 1 N–H and O–H groups in total. The predicted octanol–water partition coefficient (Wildman–Crippen LogP) is 6.85. The second kappa shape index (κ2) is 8.97. The molecule has 2 heterocycles. The highest BCUT2D eigenvalue weighted by atomic mass is 127. The average Bonchev–Trinajstić information content (AvgIpc) is 3.08. The molecule has 152 valence electrons. The van der Waals surface area contributed by atoms with E-state index in [4.69, 9.17) is 16.6 Å². The van der Waals surface area contributed by atoms with Gasteiger partial charge in [0.2, 0.25) is 0 Å². The van der Waals surface area contributed by atoms with Gasteiger partial charge >= 0.3 is 6.03 Å². The van der Waals surface area contributed by atoms with Crippen LogP contribution in [0.5, 0.6) is 0 Å². The fourth-order valence-electron chi connectivity index (χ4n) is 2.56. The Morgan fingerprint density at radius 3 is 2.66 bits per heavy atom. The normalized spacial score (nSPS) is 11.4. The van der Waals surface area contributed by atoms with Gasteiger partial charge in [0.15, 0.2) is 0 Å². The van der Waals surface area contributed by atoms with Crippen molar-refractivity contribution in [1.29, 1.82) is 0 Å². The van der Waals surface area contributed by atoms with Crippen molar-refractivity contribution in [3.63, 3.8) is 0 Å². The van der Waals surface area contributed by atoms with Gasteiger partial charge in [0.05, 0.1) is 56.9 Å². The lowest BCUT2D eigenvalue weighted by molar-refractivity contribution is 0.241. The molecule has 29 heavy (non-hydrogen) atoms. The summed E-state index contributed by atoms with van der Waals surface area (Å²) in [7, 11) is 0. The largest absolute Gasteiger partial charge is 0.331 e. The fourth-order valence-corrected chi connectivity index (χ4v) is 4.58. The summed E-state index contributed by atoms with van der Waals surface area (Å²) < 4.78 is 1.62. The maximum atomic E-state index is 12.7. The Kier molecular flexibility index (Phi) is 6.80. The first kappa shape index (κ1) is 22.0. The van der Waals surface area contributed by atoms with E-state index in [2.05, 4.69) is 31.1 Å². The first-order valence-electron chi connectivity index (χ1n) is 9.06. The van der Waals surface area contributed by atoms with Gasteiger partial charge in [-0.25, -0.2) is 9.78 Å². The van der Waals surface area contributed by atoms with Crippen molar-refractivity contribution in [2.45, 2.75) is 39.7 Å². The van der Waals surface area contributed by atoms with Crippen LogP contribution in [0.25, 0.3) is 11.3 Å². The highest BCUT2D eigenvalue weighted by Gasteiger charge is 2.24. The van der Waals surface area contributed by atoms with Gasteiger partial charge in [-0.3, -0.25) is 8.10 Å². The van der Waals surface area contributed by atoms with E-state index in [1.54, 1.807) is 20.6 Å². The maximum absolute atomic E-state index is 12.7. The summed E-state index contributed by atoms with van der Waals surface area (Å²) in [5, 5.41) is 4.56. The quantitative estimate of drug-likeness (QED) is 0.291. The number of carbonyl (C=O) groups is 1. The number of aromatic nitrogens is 2. The lowest BCUT2D eigenvalue weighted by Crippen LogP contribution is -2.26. The molecule has 2 amide bonds. The summed E-state index contributed by atoms with van der Waals surface area (Å²) in [4.78, 5) is 22.8. The molecule has 2 aromatic heterocycles. The smallest absolute Gasteiger partial charge is 0.306 e. The number of pyridine rings is 1. The standard InChI is InChI=1S/C21H22ClIN4OS/c1-13-8-9-16(11-24-13)25-20(28)27(23)12-17-18(14-6-5-7-15(22)10-14)26-19(29-17)21(2,3)4/h5-11H,12H2,1-4H3,(H,25,28). The van der Waals surface area contributed by atoms with Crippen LogP contribution in [0, 0.1) is 6.92 Å². The second-order valence-electron chi connectivity index (χ2n) is 7.69. The number of hydrogen-bond donors (Lipinski definition) is 1. The van der Waals surface area contributed by atoms with Gasteiger partial charge in [-0.1, -0.05) is 44.5 Å². The van der Waals surface area contributed by atoms with Crippen LogP contribution >= 0.6 is 45.8 Å². The third-order valence-corrected chi connectivity index (χ3v) is 6.58. The minimum absolute atomic E-state index is 0.0812. The molecule has 5 nitrogen and oxygen atoms in total. The fraction of sp³-hybridized carbons (Fsp3) is 0.286. The zero-order chi connectivity index (χ0) is 21.2. The molecule has 1 aromatic carbocycles. The number of rotatable bonds is 4. The summed E-state index contributed by atoms with van der Waals surface area (Å²) in [5.41, 5.74) is 3.31. The number of hydrogen-bond acceptors (Lipinski definition) is 4. The zero-order valence-corrected chi connectivity index (χ0v) is 20.4. The first-order chi connectivity index (χ1) is 13.6. The Morgan fingerprint density at radius 2 is 2.03 bits per heavy atom. The third-order valence-electron chi connectivity index (χ3n) is 4.10. The van der Waals surface area contributed by atoms with E-state index in [0.29, 0.717) is 17.3 Å². The molecule has 0 aliphatic heterocycles. The van der Waals surface area contributed by atoms with Crippen molar-refractivity contribution >= 4 is 57.5 Å². The van der Waals surface area contributed by atoms with E-state index in [1.165, 1.54) is 0 Å². The molecular weight excluding hydrogens is 519 g/mol. The Bertz CT molecular complexity index is 1010. The van der Waals surface area contributed by atoms with Crippen molar-refractivity contribution in [2.24, 2.45) is 0 Å². The molecule has 0 spiro atoms. The number of thiazole rings is 1. The third kappa shape index (κ3) is 5.67. The lowest BCUT2D eigenvalue weighted by Gasteiger charge is -2.16. The SMILES string of the molecule is Cc1ccc(NC(=O)N(I)Cc2sc(C(C)(C)C)nc2-c2cccc(Cl)c2)cn1. The zero-order valence-electron chi connectivity index (χ0n) is 16.7. The number of aryl methyl sites for hydroxylation is 1. The molecule has 0 atom stereocenters. The Balaban J connectivity index is 1.85. The van der Waals surface area contributed by atoms with E-state index >= 15 is 0 Å². The summed E-state index contributed by atoms with van der Waals surface area (Å²) in [6, 6.07) is 11.1. The second-order valence-corrected chi connectivity index (χ2v) is 10.4. The van der Waals surface area contributed by atoms with Gasteiger partial charge in [-0.15, -0.1) is 11.3 Å². The molecule has 3 rings (SSSR count). The van der Waals surface area contributed by atoms with Crippen LogP contribution < -0.4 is 5.32 Å². The number of carbonyl (C=O) groups excluding carboxylic acids is 1. The van der Waals surface area contributed by atoms with Crippen LogP contribution in [-0.2, 0) is 12.0 Å². The van der Waals surface area contributed by atoms with Gasteiger partial charge in [0.25, 0.3) is 0 Å². The van der Waals surface area contributed by atoms with Gasteiger partial charge in [0.1, 0.15) is 0 Å². The van der Waals surface area contributed by atoms with Crippen molar-refractivity contribution in [2.75, 3.05) is 5.32 Å². The lowest BCUT2D eigenvalue weighted by atomic mass is 9.98. The van der Waals surface area contributed by atoms with Crippen LogP contribution in [0.4, 0.5) is 10.5 Å². The molecule has 3 aromatic rings. The molecule has 0 saturated heterocycles. The number of amides is 2. The highest BCUT2D eigenvalue weighted by Crippen LogP contribution is 2.36. The Hall–Kier alpha value is -1.71. The molecule has 0 aliphatic carbocycles. The summed E-state index contributed by atoms with van der Waals surface area (Å²) in [6.45, 7) is 8.74. The van der Waals surface area contributed by atoms with Crippen LogP contribution in [0.1, 0.15) is 36.3 Å². The van der Waals surface area contributed by atoms with Crippen molar-refractivity contribution in [1.82, 2.24) is 13.1 Å². The van der Waals surface area contributed by atoms with E-state index < -0.39 is 0 Å². The van der Waals surface area contributed by atoms with Crippen molar-refractivity contribution in [3.8, 4) is 11.3 Å². The molecule has 8 heteroatoms. The molecule has 0 aliphatic rings. The van der Waals surface area contributed by atoms with E-state index in [-0.39, 0.29) is 11.4 Å². The number of halogens is 2. The van der Waals surface area contributed by atoms with Crippen LogP contribution in [0.2, 0.25) is 5.02 Å². The Morgan fingerprint density at radius 1 is 1.28 bits per heavy atom. The molecule has 0 bridgehead atoms. The van der Waals surface area contributed by atoms with Crippen LogP contribution in [-0.4, -0.2) is 19.1 Å². The minimum atomic E-state index is -0.209. The van der Waals surface area contributed by atoms with Gasteiger partial charge in [-0.05, 0) is 31.2 Å². The number of nitrogens with one attached hydrogen (secondary N) is 1. The van der Waals surface area contributed by atoms with E-state index in [0.717, 1.165) is 26.8 Å². The number of anilines is 1. The van der Waals surface area contributed by atoms with Crippen molar-refractivity contribution < 1.29 is 4.79 Å². The van der Waals surface area contributed by atoms with Crippen LogP contribution in [0.3, 0.4) is 0 Å². The molecule has 0 unspecified atom stereocenters. The van der Waals surface area contributed by atoms with E-state index in [1.807, 2.05) is 66.2 Å². The molecule has 0 radical (unpaired) electrons. The summed E-state index contributed by atoms with van der Waals surface area (Å²) in [6.07, 6.45) is 1.65. The Labute approximate surface area is 194 Å². The van der Waals surface area contributed by atoms with Crippen LogP contribution in [0.15, 0.2) is 42.6 Å².